The molecule has 0 aromatic rings. The van der Waals surface area contributed by atoms with Gasteiger partial charge in [0.25, 0.3) is 0 Å². The molecule has 1 aliphatic rings. The Morgan fingerprint density at radius 3 is 2.00 bits per heavy atom. The van der Waals surface area contributed by atoms with Crippen LogP contribution in [0.2, 0.25) is 0 Å². The number of hydrogen-bond acceptors (Lipinski definition) is 1. The van der Waals surface area contributed by atoms with Crippen LogP contribution < -0.4 is 0 Å². The fourth-order valence-corrected chi connectivity index (χ4v) is 1.38. The highest BCUT2D eigenvalue weighted by Gasteiger charge is 2.26. The summed E-state index contributed by atoms with van der Waals surface area (Å²) < 4.78 is 0. The molecule has 9 heavy (non-hydrogen) atoms. The molecule has 1 aliphatic heterocycles. The van der Waals surface area contributed by atoms with Crippen molar-refractivity contribution in [3.05, 3.63) is 0 Å². The van der Waals surface area contributed by atoms with Crippen LogP contribution in [-0.2, 0) is 0 Å². The second-order valence-electron chi connectivity index (χ2n) is 3.65. The Bertz CT molecular complexity index is 86.6. The van der Waals surface area contributed by atoms with Crippen LogP contribution in [0.4, 0.5) is 0 Å². The minimum Gasteiger partial charge on any atom is -0.306 e. The average molecular weight is 129 g/mol. The molecule has 0 saturated carbocycles. The summed E-state index contributed by atoms with van der Waals surface area (Å²) in [5, 5.41) is 0. The van der Waals surface area contributed by atoms with Crippen molar-refractivity contribution in [1.82, 2.24) is 4.90 Å². The second-order valence-corrected chi connectivity index (χ2v) is 3.65. The van der Waals surface area contributed by atoms with E-state index >= 15 is 0 Å². The first kappa shape index (κ1) is 8.96. The van der Waals surface area contributed by atoms with Crippen molar-refractivity contribution in [3.8, 4) is 0 Å². The van der Waals surface area contributed by atoms with Crippen LogP contribution in [0.1, 0.15) is 27.7 Å². The molecule has 56 valence electrons. The quantitative estimate of drug-likeness (QED) is 0.483. The van der Waals surface area contributed by atoms with E-state index in [2.05, 4.69) is 25.8 Å². The molecule has 1 nitrogen and oxygen atoms in total. The lowest BCUT2D eigenvalue weighted by molar-refractivity contribution is 0.337. The predicted molar refractivity (Wildman–Crippen MR) is 42.6 cm³/mol. The second kappa shape index (κ2) is 2.70. The highest BCUT2D eigenvalue weighted by molar-refractivity contribution is 4.79. The standard InChI is InChI=1S/C7H15N.CH4/c1-7(2)4-5-8(3)6-7;/h4-6H2,1-3H3;1H4. The lowest BCUT2D eigenvalue weighted by Crippen LogP contribution is -2.18. The van der Waals surface area contributed by atoms with Gasteiger partial charge in [-0.1, -0.05) is 21.3 Å². The molecular formula is C8H19N. The summed E-state index contributed by atoms with van der Waals surface area (Å²) in [6, 6.07) is 0. The highest BCUT2D eigenvalue weighted by atomic mass is 15.1. The van der Waals surface area contributed by atoms with Gasteiger partial charge in [0.15, 0.2) is 0 Å². The van der Waals surface area contributed by atoms with Crippen molar-refractivity contribution in [3.63, 3.8) is 0 Å². The fourth-order valence-electron chi connectivity index (χ4n) is 1.38. The summed E-state index contributed by atoms with van der Waals surface area (Å²) in [4.78, 5) is 2.39. The summed E-state index contributed by atoms with van der Waals surface area (Å²) in [5.74, 6) is 0. The Labute approximate surface area is 59.1 Å². The molecule has 0 aromatic carbocycles. The van der Waals surface area contributed by atoms with Crippen LogP contribution in [0, 0.1) is 5.41 Å². The van der Waals surface area contributed by atoms with Crippen molar-refractivity contribution in [2.24, 2.45) is 5.41 Å². The fraction of sp³-hybridized carbons (Fsp3) is 1.00. The van der Waals surface area contributed by atoms with Crippen LogP contribution in [-0.4, -0.2) is 25.0 Å². The number of hydrogen-bond donors (Lipinski definition) is 0. The maximum atomic E-state index is 2.39. The zero-order chi connectivity index (χ0) is 6.20. The SMILES string of the molecule is C.CN1CCC(C)(C)C1. The number of likely N-dealkylation sites (tertiary alicyclic amines) is 1. The van der Waals surface area contributed by atoms with E-state index in [-0.39, 0.29) is 7.43 Å². The van der Waals surface area contributed by atoms with E-state index in [1.165, 1.54) is 19.5 Å². The molecule has 1 saturated heterocycles. The zero-order valence-electron chi connectivity index (χ0n) is 6.07. The molecule has 0 aromatic heterocycles. The molecule has 0 aliphatic carbocycles. The average Bonchev–Trinajstić information content (AvgIpc) is 1.82. The molecule has 1 heteroatoms. The summed E-state index contributed by atoms with van der Waals surface area (Å²) in [7, 11) is 2.19. The van der Waals surface area contributed by atoms with Gasteiger partial charge in [0.2, 0.25) is 0 Å². The third-order valence-corrected chi connectivity index (χ3v) is 1.87. The topological polar surface area (TPSA) is 3.24 Å². The first-order valence-corrected chi connectivity index (χ1v) is 3.29. The normalized spacial score (nSPS) is 25.7. The summed E-state index contributed by atoms with van der Waals surface area (Å²) in [5.41, 5.74) is 0.592. The maximum absolute atomic E-state index is 2.39. The Morgan fingerprint density at radius 1 is 1.33 bits per heavy atom. The first-order chi connectivity index (χ1) is 3.60. The molecule has 0 radical (unpaired) electrons. The molecule has 0 atom stereocenters. The van der Waals surface area contributed by atoms with E-state index in [0.717, 1.165) is 0 Å². The molecule has 1 rings (SSSR count). The zero-order valence-corrected chi connectivity index (χ0v) is 6.07. The minimum absolute atomic E-state index is 0. The lowest BCUT2D eigenvalue weighted by atomic mass is 9.93. The van der Waals surface area contributed by atoms with E-state index in [1.54, 1.807) is 0 Å². The van der Waals surface area contributed by atoms with E-state index in [1.807, 2.05) is 0 Å². The van der Waals surface area contributed by atoms with Gasteiger partial charge in [-0.25, -0.2) is 0 Å². The van der Waals surface area contributed by atoms with Gasteiger partial charge >= 0.3 is 0 Å². The van der Waals surface area contributed by atoms with Crippen molar-refractivity contribution < 1.29 is 0 Å². The third-order valence-electron chi connectivity index (χ3n) is 1.87. The minimum atomic E-state index is 0. The Hall–Kier alpha value is -0.0400. The molecule has 0 amide bonds. The summed E-state index contributed by atoms with van der Waals surface area (Å²) in [6.45, 7) is 7.22. The number of nitrogens with zero attached hydrogens (tertiary/aromatic N) is 1. The predicted octanol–water partition coefficient (Wildman–Crippen LogP) is 1.98. The maximum Gasteiger partial charge on any atom is 0.00301 e. The lowest BCUT2D eigenvalue weighted by Gasteiger charge is -2.15. The molecule has 0 N–H and O–H groups in total. The van der Waals surface area contributed by atoms with Crippen molar-refractivity contribution in [1.29, 1.82) is 0 Å². The first-order valence-electron chi connectivity index (χ1n) is 3.29. The van der Waals surface area contributed by atoms with Gasteiger partial charge in [-0.3, -0.25) is 0 Å². The van der Waals surface area contributed by atoms with Gasteiger partial charge in [-0.15, -0.1) is 0 Å². The Kier molecular flexibility index (Phi) is 2.68. The van der Waals surface area contributed by atoms with E-state index in [4.69, 9.17) is 0 Å². The van der Waals surface area contributed by atoms with Gasteiger partial charge < -0.3 is 4.90 Å². The van der Waals surface area contributed by atoms with Gasteiger partial charge in [0.1, 0.15) is 0 Å². The Balaban J connectivity index is 0.000000640. The van der Waals surface area contributed by atoms with Gasteiger partial charge in [0, 0.05) is 6.54 Å². The van der Waals surface area contributed by atoms with E-state index < -0.39 is 0 Å². The molecule has 0 unspecified atom stereocenters. The van der Waals surface area contributed by atoms with Crippen molar-refractivity contribution in [2.45, 2.75) is 27.7 Å². The number of rotatable bonds is 0. The largest absolute Gasteiger partial charge is 0.306 e. The molecule has 0 spiro atoms. The van der Waals surface area contributed by atoms with Crippen molar-refractivity contribution in [2.75, 3.05) is 20.1 Å². The summed E-state index contributed by atoms with van der Waals surface area (Å²) in [6.07, 6.45) is 1.36. The monoisotopic (exact) mass is 129 g/mol. The van der Waals surface area contributed by atoms with Crippen LogP contribution in [0.25, 0.3) is 0 Å². The van der Waals surface area contributed by atoms with Gasteiger partial charge in [0.05, 0.1) is 0 Å². The highest BCUT2D eigenvalue weighted by Crippen LogP contribution is 2.26. The third kappa shape index (κ3) is 2.35. The van der Waals surface area contributed by atoms with Crippen molar-refractivity contribution >= 4 is 0 Å². The summed E-state index contributed by atoms with van der Waals surface area (Å²) >= 11 is 0. The molecule has 1 fully saturated rings. The Morgan fingerprint density at radius 2 is 1.89 bits per heavy atom. The van der Waals surface area contributed by atoms with Crippen LogP contribution in [0.5, 0.6) is 0 Å². The molecular weight excluding hydrogens is 110 g/mol. The van der Waals surface area contributed by atoms with E-state index in [9.17, 15) is 0 Å². The van der Waals surface area contributed by atoms with Crippen LogP contribution in [0.3, 0.4) is 0 Å². The molecule has 1 heterocycles. The van der Waals surface area contributed by atoms with Crippen LogP contribution >= 0.6 is 0 Å². The van der Waals surface area contributed by atoms with Gasteiger partial charge in [-0.05, 0) is 25.4 Å². The molecule has 0 bridgehead atoms. The van der Waals surface area contributed by atoms with Gasteiger partial charge in [-0.2, -0.15) is 0 Å². The van der Waals surface area contributed by atoms with Crippen LogP contribution in [0.15, 0.2) is 0 Å². The smallest absolute Gasteiger partial charge is 0.00301 e. The van der Waals surface area contributed by atoms with E-state index in [0.29, 0.717) is 5.41 Å².